The van der Waals surface area contributed by atoms with Gasteiger partial charge in [0.1, 0.15) is 0 Å². The minimum atomic E-state index is -3.23. The van der Waals surface area contributed by atoms with Gasteiger partial charge in [0.05, 0.1) is 18.6 Å². The van der Waals surface area contributed by atoms with Gasteiger partial charge in [-0.15, -0.1) is 0 Å². The smallest absolute Gasteiger partial charge is 1.00 e. The van der Waals surface area contributed by atoms with Crippen molar-refractivity contribution in [2.75, 3.05) is 27.7 Å². The molecule has 1 heterocycles. The van der Waals surface area contributed by atoms with Crippen LogP contribution >= 0.6 is 0 Å². The van der Waals surface area contributed by atoms with Crippen molar-refractivity contribution in [2.45, 2.75) is 25.0 Å². The van der Waals surface area contributed by atoms with Crippen molar-refractivity contribution >= 4 is 32.9 Å². The standard InChI is InChI=1S/C14H21N3O2S.C4H6O4.Li.H/c1-15-20(18,19)10-11-4-5-14-13(8-11)12(9-16-14)6-7-17(2)3;5-3(6)1-2-4(7)8;;/h4-5,8-9,15-16H,6-7,10H2,1-3H3;1-2H2,(H,5,6)(H,7,8);;/q;;+1;-1. The van der Waals surface area contributed by atoms with Crippen LogP contribution in [0.4, 0.5) is 0 Å². The maximum absolute atomic E-state index is 11.6. The van der Waals surface area contributed by atoms with E-state index in [9.17, 15) is 18.0 Å². The number of H-pyrrole nitrogens is 1. The van der Waals surface area contributed by atoms with Crippen LogP contribution in [0.25, 0.3) is 10.9 Å². The Hall–Kier alpha value is -1.83. The van der Waals surface area contributed by atoms with Crippen molar-refractivity contribution in [3.05, 3.63) is 35.5 Å². The summed E-state index contributed by atoms with van der Waals surface area (Å²) in [7, 11) is 2.29. The summed E-state index contributed by atoms with van der Waals surface area (Å²) < 4.78 is 25.6. The Morgan fingerprint density at radius 3 is 2.24 bits per heavy atom. The van der Waals surface area contributed by atoms with Gasteiger partial charge in [-0.1, -0.05) is 6.07 Å². The van der Waals surface area contributed by atoms with Gasteiger partial charge >= 0.3 is 30.8 Å². The first kappa shape index (κ1) is 27.2. The van der Waals surface area contributed by atoms with E-state index in [1.165, 1.54) is 12.6 Å². The Kier molecular flexibility index (Phi) is 11.9. The number of hydrogen-bond acceptors (Lipinski definition) is 5. The number of aromatic nitrogens is 1. The zero-order valence-electron chi connectivity index (χ0n) is 18.2. The molecule has 0 unspecified atom stereocenters. The quantitative estimate of drug-likeness (QED) is 0.357. The Morgan fingerprint density at radius 1 is 1.17 bits per heavy atom. The number of hydrogen-bond donors (Lipinski definition) is 4. The van der Waals surface area contributed by atoms with Crippen LogP contribution in [0.5, 0.6) is 0 Å². The van der Waals surface area contributed by atoms with Crippen molar-refractivity contribution in [1.82, 2.24) is 14.6 Å². The molecule has 0 saturated carbocycles. The summed E-state index contributed by atoms with van der Waals surface area (Å²) in [4.78, 5) is 24.6. The monoisotopic (exact) mass is 421 g/mol. The third kappa shape index (κ3) is 10.5. The fourth-order valence-electron chi connectivity index (χ4n) is 2.37. The van der Waals surface area contributed by atoms with Crippen LogP contribution in [-0.4, -0.2) is 68.1 Å². The molecule has 11 heteroatoms. The summed E-state index contributed by atoms with van der Waals surface area (Å²) in [6.45, 7) is 0.964. The molecular weight excluding hydrogens is 393 g/mol. The van der Waals surface area contributed by atoms with Crippen LogP contribution in [0, 0.1) is 0 Å². The maximum Gasteiger partial charge on any atom is 1.00 e. The first-order valence-corrected chi connectivity index (χ1v) is 10.3. The summed E-state index contributed by atoms with van der Waals surface area (Å²) in [5.41, 5.74) is 3.07. The average molecular weight is 421 g/mol. The Morgan fingerprint density at radius 2 is 1.76 bits per heavy atom. The van der Waals surface area contributed by atoms with E-state index in [4.69, 9.17) is 10.2 Å². The molecule has 1 aromatic carbocycles. The Balaban J connectivity index is 0. The largest absolute Gasteiger partial charge is 1.00 e. The summed E-state index contributed by atoms with van der Waals surface area (Å²) >= 11 is 0. The summed E-state index contributed by atoms with van der Waals surface area (Å²) in [5, 5.41) is 16.9. The van der Waals surface area contributed by atoms with Gasteiger partial charge in [0.2, 0.25) is 10.0 Å². The number of aliphatic carboxylic acids is 2. The van der Waals surface area contributed by atoms with Gasteiger partial charge in [0.15, 0.2) is 0 Å². The molecule has 4 N–H and O–H groups in total. The van der Waals surface area contributed by atoms with Gasteiger partial charge in [-0.25, -0.2) is 13.1 Å². The molecule has 0 aliphatic heterocycles. The third-order valence-electron chi connectivity index (χ3n) is 3.88. The molecule has 0 spiro atoms. The Bertz CT molecular complexity index is 904. The molecule has 0 radical (unpaired) electrons. The second-order valence-corrected chi connectivity index (χ2v) is 8.42. The van der Waals surface area contributed by atoms with Gasteiger partial charge in [-0.2, -0.15) is 0 Å². The molecule has 0 saturated heterocycles. The summed E-state index contributed by atoms with van der Waals surface area (Å²) in [5.74, 6) is -2.14. The second-order valence-electron chi connectivity index (χ2n) is 6.50. The number of nitrogens with one attached hydrogen (secondary N) is 2. The van der Waals surface area contributed by atoms with Gasteiger partial charge in [0, 0.05) is 23.6 Å². The number of nitrogens with zero attached hydrogens (tertiary/aromatic N) is 1. The summed E-state index contributed by atoms with van der Waals surface area (Å²) in [6, 6.07) is 5.75. The molecule has 2 rings (SSSR count). The zero-order chi connectivity index (χ0) is 21.3. The molecular formula is C18H28LiN3O6S. The number of fused-ring (bicyclic) bond motifs is 1. The molecule has 0 amide bonds. The first-order chi connectivity index (χ1) is 13.0. The van der Waals surface area contributed by atoms with E-state index in [2.05, 4.69) is 14.6 Å². The first-order valence-electron chi connectivity index (χ1n) is 8.62. The third-order valence-corrected chi connectivity index (χ3v) is 5.22. The molecule has 29 heavy (non-hydrogen) atoms. The van der Waals surface area contributed by atoms with E-state index in [0.717, 1.165) is 29.4 Å². The van der Waals surface area contributed by atoms with Crippen LogP contribution in [0.1, 0.15) is 25.4 Å². The van der Waals surface area contributed by atoms with Gasteiger partial charge < -0.3 is 21.5 Å². The number of aromatic amines is 1. The molecule has 0 fully saturated rings. The normalized spacial score (nSPS) is 10.9. The summed E-state index contributed by atoms with van der Waals surface area (Å²) in [6.07, 6.45) is 2.35. The fraction of sp³-hybridized carbons (Fsp3) is 0.444. The minimum absolute atomic E-state index is 0. The van der Waals surface area contributed by atoms with Crippen LogP contribution in [0.2, 0.25) is 0 Å². The number of benzene rings is 1. The Labute approximate surface area is 184 Å². The van der Waals surface area contributed by atoms with E-state index in [1.54, 1.807) is 0 Å². The average Bonchev–Trinajstić information content (AvgIpc) is 3.00. The number of carbonyl (C=O) groups is 2. The van der Waals surface area contributed by atoms with E-state index < -0.39 is 22.0 Å². The number of carboxylic acids is 2. The van der Waals surface area contributed by atoms with Gasteiger partial charge in [-0.05, 0) is 50.8 Å². The van der Waals surface area contributed by atoms with Crippen LogP contribution in [0.3, 0.4) is 0 Å². The molecule has 2 aromatic rings. The van der Waals surface area contributed by atoms with Crippen LogP contribution in [0.15, 0.2) is 24.4 Å². The van der Waals surface area contributed by atoms with Gasteiger partial charge in [-0.3, -0.25) is 9.59 Å². The maximum atomic E-state index is 11.6. The number of rotatable bonds is 9. The van der Waals surface area contributed by atoms with Crippen molar-refractivity contribution in [3.63, 3.8) is 0 Å². The topological polar surface area (TPSA) is 140 Å². The fourth-order valence-corrected chi connectivity index (χ4v) is 3.13. The zero-order valence-corrected chi connectivity index (χ0v) is 18.0. The van der Waals surface area contributed by atoms with E-state index in [-0.39, 0.29) is 38.9 Å². The predicted molar refractivity (Wildman–Crippen MR) is 108 cm³/mol. The van der Waals surface area contributed by atoms with Crippen molar-refractivity contribution in [3.8, 4) is 0 Å². The van der Waals surface area contributed by atoms with E-state index in [0.29, 0.717) is 0 Å². The number of likely N-dealkylation sites (N-methyl/N-ethyl adjacent to an activating group) is 1. The van der Waals surface area contributed by atoms with Crippen molar-refractivity contribution < 1.29 is 48.5 Å². The van der Waals surface area contributed by atoms with Crippen molar-refractivity contribution in [1.29, 1.82) is 0 Å². The van der Waals surface area contributed by atoms with Gasteiger partial charge in [0.25, 0.3) is 0 Å². The predicted octanol–water partition coefficient (Wildman–Crippen LogP) is -1.63. The van der Waals surface area contributed by atoms with E-state index >= 15 is 0 Å². The SMILES string of the molecule is CNS(=O)(=O)Cc1ccc2[nH]cc(CCN(C)C)c2c1.O=C(O)CCC(=O)O.[H-].[Li+]. The van der Waals surface area contributed by atoms with Crippen LogP contribution in [-0.2, 0) is 31.8 Å². The number of carboxylic acid groups (broad SMARTS) is 2. The van der Waals surface area contributed by atoms with E-state index in [1.807, 2.05) is 38.5 Å². The molecule has 0 aliphatic rings. The molecule has 0 aliphatic carbocycles. The van der Waals surface area contributed by atoms with Crippen LogP contribution < -0.4 is 23.6 Å². The number of sulfonamides is 1. The molecule has 158 valence electrons. The molecule has 0 atom stereocenters. The molecule has 9 nitrogen and oxygen atoms in total. The molecule has 1 aromatic heterocycles. The molecule has 0 bridgehead atoms. The van der Waals surface area contributed by atoms with Crippen molar-refractivity contribution in [2.24, 2.45) is 0 Å². The second kappa shape index (κ2) is 12.7. The minimum Gasteiger partial charge on any atom is -1.00 e.